The fraction of sp³-hybridized carbons (Fsp3) is 0.368. The molecule has 0 aliphatic carbocycles. The van der Waals surface area contributed by atoms with Crippen LogP contribution in [0.5, 0.6) is 5.75 Å². The van der Waals surface area contributed by atoms with Crippen LogP contribution in [0.25, 0.3) is 0 Å². The summed E-state index contributed by atoms with van der Waals surface area (Å²) in [5.41, 5.74) is 3.66. The van der Waals surface area contributed by atoms with Gasteiger partial charge in [-0.3, -0.25) is 4.31 Å². The molecule has 1 atom stereocenters. The van der Waals surface area contributed by atoms with Crippen LogP contribution < -0.4 is 9.04 Å². The molecule has 0 radical (unpaired) electrons. The first-order chi connectivity index (χ1) is 12.0. The highest BCUT2D eigenvalue weighted by molar-refractivity contribution is 7.92. The minimum absolute atomic E-state index is 0.104. The van der Waals surface area contributed by atoms with E-state index in [1.54, 1.807) is 0 Å². The third-order valence-electron chi connectivity index (χ3n) is 4.63. The molecule has 6 heteroatoms. The van der Waals surface area contributed by atoms with E-state index in [1.807, 2.05) is 49.4 Å². The van der Waals surface area contributed by atoms with E-state index in [-0.39, 0.29) is 11.9 Å². The molecule has 2 aliphatic heterocycles. The maximum Gasteiger partial charge on any atom is 0.235 e. The van der Waals surface area contributed by atoms with E-state index >= 15 is 0 Å². The number of ether oxygens (including phenoxy) is 2. The van der Waals surface area contributed by atoms with Crippen molar-refractivity contribution in [2.75, 3.05) is 23.3 Å². The van der Waals surface area contributed by atoms with Gasteiger partial charge in [0.05, 0.1) is 24.6 Å². The fourth-order valence-electron chi connectivity index (χ4n) is 3.21. The lowest BCUT2D eigenvalue weighted by Crippen LogP contribution is -2.38. The first-order valence-electron chi connectivity index (χ1n) is 8.46. The first-order valence-corrected chi connectivity index (χ1v) is 10.1. The largest absolute Gasteiger partial charge is 0.490 e. The van der Waals surface area contributed by atoms with Crippen molar-refractivity contribution < 1.29 is 17.9 Å². The normalized spacial score (nSPS) is 20.8. The van der Waals surface area contributed by atoms with Crippen molar-refractivity contribution in [3.05, 3.63) is 59.2 Å². The number of fused-ring (bicyclic) bond motifs is 1. The van der Waals surface area contributed by atoms with Crippen LogP contribution in [0, 0.1) is 6.92 Å². The van der Waals surface area contributed by atoms with Gasteiger partial charge in [-0.05, 0) is 30.5 Å². The molecule has 2 aromatic carbocycles. The summed E-state index contributed by atoms with van der Waals surface area (Å²) in [6.07, 6.45) is 0.649. The lowest BCUT2D eigenvalue weighted by atomic mass is 10.0. The van der Waals surface area contributed by atoms with Crippen LogP contribution in [-0.2, 0) is 27.7 Å². The maximum absolute atomic E-state index is 12.8. The molecule has 25 heavy (non-hydrogen) atoms. The third-order valence-corrected chi connectivity index (χ3v) is 6.34. The number of sulfonamides is 1. The van der Waals surface area contributed by atoms with Crippen LogP contribution >= 0.6 is 0 Å². The average Bonchev–Trinajstić information content (AvgIpc) is 3.42. The minimum Gasteiger partial charge on any atom is -0.490 e. The predicted molar refractivity (Wildman–Crippen MR) is 96.5 cm³/mol. The lowest BCUT2D eigenvalue weighted by Gasteiger charge is -2.33. The Kier molecular flexibility index (Phi) is 4.17. The molecule has 0 N–H and O–H groups in total. The lowest BCUT2D eigenvalue weighted by molar-refractivity contribution is 0.261. The average molecular weight is 359 g/mol. The van der Waals surface area contributed by atoms with Crippen molar-refractivity contribution in [1.29, 1.82) is 0 Å². The summed E-state index contributed by atoms with van der Waals surface area (Å²) in [4.78, 5) is 0. The Labute approximate surface area is 148 Å². The van der Waals surface area contributed by atoms with Gasteiger partial charge in [-0.15, -0.1) is 0 Å². The number of hydrogen-bond donors (Lipinski definition) is 0. The number of benzene rings is 2. The van der Waals surface area contributed by atoms with Crippen molar-refractivity contribution in [3.8, 4) is 5.75 Å². The van der Waals surface area contributed by atoms with E-state index < -0.39 is 10.0 Å². The second-order valence-electron chi connectivity index (χ2n) is 6.53. The minimum atomic E-state index is -3.34. The van der Waals surface area contributed by atoms with E-state index in [0.717, 1.165) is 34.7 Å². The number of aryl methyl sites for hydroxylation is 1. The summed E-state index contributed by atoms with van der Waals surface area (Å²) in [6.45, 7) is 3.54. The van der Waals surface area contributed by atoms with E-state index in [0.29, 0.717) is 19.6 Å². The quantitative estimate of drug-likeness (QED) is 0.770. The van der Waals surface area contributed by atoms with Gasteiger partial charge in [0, 0.05) is 5.56 Å². The molecular weight excluding hydrogens is 338 g/mol. The van der Waals surface area contributed by atoms with Crippen molar-refractivity contribution in [3.63, 3.8) is 0 Å². The number of nitrogens with zero attached hydrogens (tertiary/aromatic N) is 1. The highest BCUT2D eigenvalue weighted by Crippen LogP contribution is 2.39. The molecule has 4 rings (SSSR count). The molecule has 2 aliphatic rings. The summed E-state index contributed by atoms with van der Waals surface area (Å²) >= 11 is 0. The molecule has 1 fully saturated rings. The Hall–Kier alpha value is -2.05. The molecule has 0 bridgehead atoms. The topological polar surface area (TPSA) is 59.1 Å². The van der Waals surface area contributed by atoms with Crippen LogP contribution in [0.3, 0.4) is 0 Å². The molecule has 0 saturated carbocycles. The fourth-order valence-corrected chi connectivity index (χ4v) is 4.77. The molecule has 0 spiro atoms. The van der Waals surface area contributed by atoms with Gasteiger partial charge >= 0.3 is 0 Å². The third kappa shape index (κ3) is 3.37. The van der Waals surface area contributed by atoms with Crippen molar-refractivity contribution in [2.45, 2.75) is 26.0 Å². The Balaban J connectivity index is 1.73. The molecule has 0 amide bonds. The number of anilines is 1. The molecule has 2 heterocycles. The number of epoxide rings is 1. The molecule has 132 valence electrons. The monoisotopic (exact) mass is 359 g/mol. The standard InChI is InChI=1S/C19H21NO4S/c1-14-7-8-18(24-13-16-12-23-16)17-9-10-25(21,22)20(19(14)17)11-15-5-3-2-4-6-15/h2-8,16H,9-13H2,1H3. The van der Waals surface area contributed by atoms with Crippen LogP contribution in [0.4, 0.5) is 5.69 Å². The van der Waals surface area contributed by atoms with Gasteiger partial charge in [0.2, 0.25) is 10.0 Å². The second kappa shape index (κ2) is 6.35. The van der Waals surface area contributed by atoms with Gasteiger partial charge in [-0.2, -0.15) is 0 Å². The van der Waals surface area contributed by atoms with E-state index in [4.69, 9.17) is 9.47 Å². The Morgan fingerprint density at radius 2 is 1.96 bits per heavy atom. The summed E-state index contributed by atoms with van der Waals surface area (Å²) in [5.74, 6) is 0.871. The van der Waals surface area contributed by atoms with Gasteiger partial charge in [-0.1, -0.05) is 36.4 Å². The number of hydrogen-bond acceptors (Lipinski definition) is 4. The SMILES string of the molecule is Cc1ccc(OCC2CO2)c2c1N(Cc1ccccc1)S(=O)(=O)CC2. The van der Waals surface area contributed by atoms with Gasteiger partial charge in [0.1, 0.15) is 18.5 Å². The van der Waals surface area contributed by atoms with E-state index in [9.17, 15) is 8.42 Å². The molecular formula is C19H21NO4S. The first kappa shape index (κ1) is 16.4. The van der Waals surface area contributed by atoms with Crippen molar-refractivity contribution in [1.82, 2.24) is 0 Å². The summed E-state index contributed by atoms with van der Waals surface area (Å²) < 4.78 is 38.1. The zero-order valence-electron chi connectivity index (χ0n) is 14.1. The molecule has 0 aromatic heterocycles. The smallest absolute Gasteiger partial charge is 0.235 e. The van der Waals surface area contributed by atoms with Crippen LogP contribution in [0.2, 0.25) is 0 Å². The van der Waals surface area contributed by atoms with Crippen LogP contribution in [0.1, 0.15) is 16.7 Å². The number of rotatable bonds is 5. The van der Waals surface area contributed by atoms with E-state index in [2.05, 4.69) is 0 Å². The highest BCUT2D eigenvalue weighted by atomic mass is 32.2. The Morgan fingerprint density at radius 3 is 2.68 bits per heavy atom. The van der Waals surface area contributed by atoms with E-state index in [1.165, 1.54) is 4.31 Å². The summed E-state index contributed by atoms with van der Waals surface area (Å²) in [7, 11) is -3.34. The zero-order valence-corrected chi connectivity index (χ0v) is 15.0. The predicted octanol–water partition coefficient (Wildman–Crippen LogP) is 2.67. The molecule has 2 aromatic rings. The zero-order chi connectivity index (χ0) is 17.4. The highest BCUT2D eigenvalue weighted by Gasteiger charge is 2.33. The molecule has 1 saturated heterocycles. The summed E-state index contributed by atoms with van der Waals surface area (Å²) in [5, 5.41) is 0. The maximum atomic E-state index is 12.8. The van der Waals surface area contributed by atoms with Crippen molar-refractivity contribution in [2.24, 2.45) is 0 Å². The molecule has 5 nitrogen and oxygen atoms in total. The van der Waals surface area contributed by atoms with Gasteiger partial charge in [0.25, 0.3) is 0 Å². The van der Waals surface area contributed by atoms with Gasteiger partial charge < -0.3 is 9.47 Å². The second-order valence-corrected chi connectivity index (χ2v) is 8.55. The van der Waals surface area contributed by atoms with Crippen LogP contribution in [-0.4, -0.2) is 33.5 Å². The van der Waals surface area contributed by atoms with Gasteiger partial charge in [-0.25, -0.2) is 8.42 Å². The van der Waals surface area contributed by atoms with Crippen LogP contribution in [0.15, 0.2) is 42.5 Å². The molecule has 1 unspecified atom stereocenters. The Morgan fingerprint density at radius 1 is 1.20 bits per heavy atom. The Bertz CT molecular complexity index is 876. The van der Waals surface area contributed by atoms with Gasteiger partial charge in [0.15, 0.2) is 0 Å². The summed E-state index contributed by atoms with van der Waals surface area (Å²) in [6, 6.07) is 13.5. The van der Waals surface area contributed by atoms with Crippen molar-refractivity contribution >= 4 is 15.7 Å².